The van der Waals surface area contributed by atoms with E-state index in [0.29, 0.717) is 17.9 Å². The third-order valence-corrected chi connectivity index (χ3v) is 2.79. The van der Waals surface area contributed by atoms with Crippen molar-refractivity contribution in [3.8, 4) is 0 Å². The van der Waals surface area contributed by atoms with Crippen LogP contribution >= 0.6 is 0 Å². The van der Waals surface area contributed by atoms with Gasteiger partial charge in [-0.25, -0.2) is 0 Å². The van der Waals surface area contributed by atoms with Gasteiger partial charge < -0.3 is 4.42 Å². The molecule has 7 nitrogen and oxygen atoms in total. The number of hydrogen-bond donors (Lipinski definition) is 0. The van der Waals surface area contributed by atoms with Crippen molar-refractivity contribution in [3.05, 3.63) is 49.6 Å². The van der Waals surface area contributed by atoms with Crippen LogP contribution in [0.3, 0.4) is 0 Å². The lowest BCUT2D eigenvalue weighted by Gasteiger charge is -2.03. The minimum absolute atomic E-state index is 0.0437. The molecule has 0 aliphatic heterocycles. The summed E-state index contributed by atoms with van der Waals surface area (Å²) in [5.74, 6) is 0.815. The van der Waals surface area contributed by atoms with Gasteiger partial charge in [-0.3, -0.25) is 20.2 Å². The topological polar surface area (TPSA) is 99.4 Å². The Bertz CT molecular complexity index is 492. The summed E-state index contributed by atoms with van der Waals surface area (Å²) < 4.78 is 5.36. The molecule has 0 spiro atoms. The highest BCUT2D eigenvalue weighted by atomic mass is 16.6. The minimum atomic E-state index is -0.691. The fourth-order valence-corrected chi connectivity index (χ4v) is 1.63. The van der Waals surface area contributed by atoms with Crippen molar-refractivity contribution in [2.45, 2.75) is 39.2 Å². The number of allylic oxidation sites excluding steroid dienone is 1. The number of rotatable bonds is 7. The number of nitro groups is 2. The Morgan fingerprint density at radius 1 is 1.37 bits per heavy atom. The Labute approximate surface area is 110 Å². The van der Waals surface area contributed by atoms with Gasteiger partial charge in [-0.05, 0) is 12.1 Å². The molecule has 0 amide bonds. The molecule has 0 fully saturated rings. The van der Waals surface area contributed by atoms with Crippen LogP contribution in [0.15, 0.2) is 22.2 Å². The minimum Gasteiger partial charge on any atom is -0.461 e. The van der Waals surface area contributed by atoms with E-state index in [2.05, 4.69) is 0 Å². The average molecular weight is 268 g/mol. The van der Waals surface area contributed by atoms with Crippen LogP contribution in [0.25, 0.3) is 6.08 Å². The van der Waals surface area contributed by atoms with Gasteiger partial charge in [-0.2, -0.15) is 0 Å². The van der Waals surface area contributed by atoms with E-state index in [4.69, 9.17) is 4.42 Å². The first kappa shape index (κ1) is 14.9. The Hall–Kier alpha value is -2.18. The first-order valence-corrected chi connectivity index (χ1v) is 6.05. The zero-order chi connectivity index (χ0) is 14.4. The smallest absolute Gasteiger partial charge is 0.249 e. The predicted molar refractivity (Wildman–Crippen MR) is 68.7 cm³/mol. The SMILES string of the molecule is CC/C(=C\c1ccc(CC(CC)[N+](=O)[O-])o1)[N+](=O)[O-]. The average Bonchev–Trinajstić information content (AvgIpc) is 2.79. The molecule has 1 heterocycles. The second kappa shape index (κ2) is 6.67. The molecule has 0 aliphatic rings. The Balaban J connectivity index is 2.82. The quantitative estimate of drug-likeness (QED) is 0.559. The van der Waals surface area contributed by atoms with Gasteiger partial charge in [0.05, 0.1) is 17.4 Å². The molecule has 0 radical (unpaired) electrons. The predicted octanol–water partition coefficient (Wildman–Crippen LogP) is 2.91. The first-order valence-electron chi connectivity index (χ1n) is 6.05. The number of hydrogen-bond acceptors (Lipinski definition) is 5. The summed E-state index contributed by atoms with van der Waals surface area (Å²) in [6.45, 7) is 3.41. The molecule has 1 rings (SSSR count). The van der Waals surface area contributed by atoms with Gasteiger partial charge >= 0.3 is 0 Å². The highest BCUT2D eigenvalue weighted by molar-refractivity contribution is 5.45. The lowest BCUT2D eigenvalue weighted by atomic mass is 10.1. The third kappa shape index (κ3) is 4.20. The van der Waals surface area contributed by atoms with Gasteiger partial charge in [0.15, 0.2) is 0 Å². The molecule has 0 saturated heterocycles. The number of furan rings is 1. The van der Waals surface area contributed by atoms with E-state index in [1.165, 1.54) is 6.08 Å². The van der Waals surface area contributed by atoms with Crippen LogP contribution in [0.4, 0.5) is 0 Å². The maximum Gasteiger partial charge on any atom is 0.249 e. The summed E-state index contributed by atoms with van der Waals surface area (Å²) in [5, 5.41) is 21.4. The Morgan fingerprint density at radius 2 is 2.05 bits per heavy atom. The van der Waals surface area contributed by atoms with Crippen molar-refractivity contribution >= 4 is 6.08 Å². The molecule has 1 unspecified atom stereocenters. The zero-order valence-corrected chi connectivity index (χ0v) is 10.9. The van der Waals surface area contributed by atoms with Crippen molar-refractivity contribution in [3.63, 3.8) is 0 Å². The number of nitrogens with zero attached hydrogens (tertiary/aromatic N) is 2. The van der Waals surface area contributed by atoms with Crippen molar-refractivity contribution in [2.75, 3.05) is 0 Å². The summed E-state index contributed by atoms with van der Waals surface area (Å²) in [4.78, 5) is 20.6. The van der Waals surface area contributed by atoms with Gasteiger partial charge in [0.2, 0.25) is 11.7 Å². The standard InChI is InChI=1S/C12H16N2O5/c1-3-9(13(15)16)7-11-5-6-12(19-11)8-10(4-2)14(17)18/h5-7,10H,3-4,8H2,1-2H3/b9-7+. The molecule has 19 heavy (non-hydrogen) atoms. The van der Waals surface area contributed by atoms with Gasteiger partial charge in [0.25, 0.3) is 0 Å². The largest absolute Gasteiger partial charge is 0.461 e. The van der Waals surface area contributed by atoms with Crippen LogP contribution in [0, 0.1) is 20.2 Å². The first-order chi connectivity index (χ1) is 8.97. The van der Waals surface area contributed by atoms with Crippen LogP contribution in [-0.4, -0.2) is 15.9 Å². The van der Waals surface area contributed by atoms with Gasteiger partial charge in [0, 0.05) is 17.8 Å². The van der Waals surface area contributed by atoms with Crippen LogP contribution in [0.5, 0.6) is 0 Å². The van der Waals surface area contributed by atoms with E-state index in [0.717, 1.165) is 0 Å². The summed E-state index contributed by atoms with van der Waals surface area (Å²) >= 11 is 0. The Morgan fingerprint density at radius 3 is 2.53 bits per heavy atom. The second-order valence-corrected chi connectivity index (χ2v) is 4.10. The van der Waals surface area contributed by atoms with Crippen molar-refractivity contribution < 1.29 is 14.3 Å². The van der Waals surface area contributed by atoms with Crippen molar-refractivity contribution in [1.82, 2.24) is 0 Å². The maximum absolute atomic E-state index is 10.7. The van der Waals surface area contributed by atoms with E-state index >= 15 is 0 Å². The van der Waals surface area contributed by atoms with Gasteiger partial charge in [0.1, 0.15) is 11.5 Å². The molecular formula is C12H16N2O5. The Kier molecular flexibility index (Phi) is 5.23. The maximum atomic E-state index is 10.7. The molecule has 1 aromatic rings. The van der Waals surface area contributed by atoms with Crippen LogP contribution < -0.4 is 0 Å². The van der Waals surface area contributed by atoms with E-state index < -0.39 is 11.0 Å². The summed E-state index contributed by atoms with van der Waals surface area (Å²) in [6, 6.07) is 2.51. The highest BCUT2D eigenvalue weighted by Gasteiger charge is 2.20. The summed E-state index contributed by atoms with van der Waals surface area (Å²) in [6.07, 6.45) is 2.23. The van der Waals surface area contributed by atoms with E-state index in [-0.39, 0.29) is 23.5 Å². The molecule has 0 aliphatic carbocycles. The molecule has 0 N–H and O–H groups in total. The highest BCUT2D eigenvalue weighted by Crippen LogP contribution is 2.16. The monoisotopic (exact) mass is 268 g/mol. The normalized spacial score (nSPS) is 13.3. The lowest BCUT2D eigenvalue weighted by Crippen LogP contribution is -2.20. The lowest BCUT2D eigenvalue weighted by molar-refractivity contribution is -0.522. The fourth-order valence-electron chi connectivity index (χ4n) is 1.63. The van der Waals surface area contributed by atoms with E-state index in [1.54, 1.807) is 26.0 Å². The van der Waals surface area contributed by atoms with Crippen LogP contribution in [-0.2, 0) is 6.42 Å². The third-order valence-electron chi connectivity index (χ3n) is 2.79. The molecule has 0 aromatic carbocycles. The van der Waals surface area contributed by atoms with Crippen molar-refractivity contribution in [2.24, 2.45) is 0 Å². The molecule has 104 valence electrons. The fraction of sp³-hybridized carbons (Fsp3) is 0.500. The van der Waals surface area contributed by atoms with Crippen molar-refractivity contribution in [1.29, 1.82) is 0 Å². The van der Waals surface area contributed by atoms with Crippen LogP contribution in [0.1, 0.15) is 38.2 Å². The summed E-state index contributed by atoms with van der Waals surface area (Å²) in [5.41, 5.74) is 0.0437. The van der Waals surface area contributed by atoms with Gasteiger partial charge in [-0.1, -0.05) is 13.8 Å². The summed E-state index contributed by atoms with van der Waals surface area (Å²) in [7, 11) is 0. The second-order valence-electron chi connectivity index (χ2n) is 4.10. The van der Waals surface area contributed by atoms with Gasteiger partial charge in [-0.15, -0.1) is 0 Å². The van der Waals surface area contributed by atoms with E-state index in [1.807, 2.05) is 0 Å². The molecule has 1 aromatic heterocycles. The molecular weight excluding hydrogens is 252 g/mol. The van der Waals surface area contributed by atoms with Crippen LogP contribution in [0.2, 0.25) is 0 Å². The molecule has 1 atom stereocenters. The van der Waals surface area contributed by atoms with E-state index in [9.17, 15) is 20.2 Å². The molecule has 0 saturated carbocycles. The molecule has 0 bridgehead atoms. The molecule has 7 heteroatoms. The zero-order valence-electron chi connectivity index (χ0n) is 10.9.